The van der Waals surface area contributed by atoms with E-state index in [0.29, 0.717) is 31.0 Å². The fraction of sp³-hybridized carbons (Fsp3) is 0.938. The molecule has 0 aromatic rings. The van der Waals surface area contributed by atoms with Crippen LogP contribution in [-0.2, 0) is 9.53 Å². The molecule has 0 heterocycles. The molecule has 0 saturated heterocycles. The molecule has 0 aromatic carbocycles. The average Bonchev–Trinajstić information content (AvgIpc) is 2.47. The number of methoxy groups -OCH3 is 1. The van der Waals surface area contributed by atoms with E-state index in [4.69, 9.17) is 10.5 Å². The van der Waals surface area contributed by atoms with E-state index in [9.17, 15) is 4.79 Å². The van der Waals surface area contributed by atoms with Gasteiger partial charge in [-0.1, -0.05) is 19.8 Å². The van der Waals surface area contributed by atoms with E-state index < -0.39 is 0 Å². The lowest BCUT2D eigenvalue weighted by Crippen LogP contribution is -2.45. The summed E-state index contributed by atoms with van der Waals surface area (Å²) in [5.74, 6) is 1.17. The lowest BCUT2D eigenvalue weighted by Gasteiger charge is -2.35. The van der Waals surface area contributed by atoms with Crippen LogP contribution in [0, 0.1) is 11.8 Å². The number of rotatable bonds is 8. The third-order valence-corrected chi connectivity index (χ3v) is 4.65. The molecular weight excluding hydrogens is 252 g/mol. The zero-order chi connectivity index (χ0) is 15.0. The van der Waals surface area contributed by atoms with Gasteiger partial charge in [0.1, 0.15) is 0 Å². The standard InChI is InChI=1S/C16H32N2O2/c1-4-13(2)18(10-11-20-3)16(19)15-7-5-6-14(12-15)8-9-17/h13-15H,4-12,17H2,1-3H3. The number of hydrogen-bond acceptors (Lipinski definition) is 3. The fourth-order valence-electron chi connectivity index (χ4n) is 3.21. The van der Waals surface area contributed by atoms with Gasteiger partial charge in [-0.25, -0.2) is 0 Å². The van der Waals surface area contributed by atoms with Gasteiger partial charge >= 0.3 is 0 Å². The van der Waals surface area contributed by atoms with E-state index in [2.05, 4.69) is 13.8 Å². The SMILES string of the molecule is CCC(C)N(CCOC)C(=O)C1CCCC(CCN)C1. The Hall–Kier alpha value is -0.610. The van der Waals surface area contributed by atoms with Crippen molar-refractivity contribution in [3.05, 3.63) is 0 Å². The Bertz CT molecular complexity index is 282. The van der Waals surface area contributed by atoms with Crippen molar-refractivity contribution in [2.45, 2.75) is 58.4 Å². The molecule has 3 unspecified atom stereocenters. The zero-order valence-electron chi connectivity index (χ0n) is 13.4. The van der Waals surface area contributed by atoms with Crippen molar-refractivity contribution in [1.82, 2.24) is 4.90 Å². The van der Waals surface area contributed by atoms with E-state index in [0.717, 1.165) is 32.2 Å². The van der Waals surface area contributed by atoms with E-state index in [-0.39, 0.29) is 5.92 Å². The second-order valence-corrected chi connectivity index (χ2v) is 6.09. The molecule has 0 spiro atoms. The molecule has 0 aromatic heterocycles. The highest BCUT2D eigenvalue weighted by Gasteiger charge is 2.31. The lowest BCUT2D eigenvalue weighted by molar-refractivity contribution is -0.140. The Morgan fingerprint density at radius 2 is 2.20 bits per heavy atom. The van der Waals surface area contributed by atoms with Crippen molar-refractivity contribution < 1.29 is 9.53 Å². The molecule has 1 rings (SSSR count). The van der Waals surface area contributed by atoms with Gasteiger partial charge in [0.05, 0.1) is 6.61 Å². The van der Waals surface area contributed by atoms with E-state index in [1.54, 1.807) is 7.11 Å². The van der Waals surface area contributed by atoms with Gasteiger partial charge in [-0.05, 0) is 45.1 Å². The molecule has 1 amide bonds. The van der Waals surface area contributed by atoms with Gasteiger partial charge in [-0.2, -0.15) is 0 Å². The van der Waals surface area contributed by atoms with Crippen LogP contribution in [0.5, 0.6) is 0 Å². The summed E-state index contributed by atoms with van der Waals surface area (Å²) in [6.45, 7) is 6.34. The summed E-state index contributed by atoms with van der Waals surface area (Å²) in [5.41, 5.74) is 5.66. The minimum Gasteiger partial charge on any atom is -0.383 e. The lowest BCUT2D eigenvalue weighted by atomic mass is 9.79. The summed E-state index contributed by atoms with van der Waals surface area (Å²) in [4.78, 5) is 14.8. The van der Waals surface area contributed by atoms with E-state index in [1.165, 1.54) is 12.8 Å². The van der Waals surface area contributed by atoms with Gasteiger partial charge in [-0.15, -0.1) is 0 Å². The van der Waals surface area contributed by atoms with Crippen LogP contribution in [0.1, 0.15) is 52.4 Å². The van der Waals surface area contributed by atoms with E-state index in [1.807, 2.05) is 4.90 Å². The summed E-state index contributed by atoms with van der Waals surface area (Å²) in [6.07, 6.45) is 6.53. The number of carbonyl (C=O) groups excluding carboxylic acids is 1. The Kier molecular flexibility index (Phi) is 8.15. The largest absolute Gasteiger partial charge is 0.383 e. The minimum atomic E-state index is 0.200. The van der Waals surface area contributed by atoms with Crippen LogP contribution >= 0.6 is 0 Å². The first-order chi connectivity index (χ1) is 9.63. The van der Waals surface area contributed by atoms with Crippen LogP contribution < -0.4 is 5.73 Å². The Morgan fingerprint density at radius 1 is 1.45 bits per heavy atom. The normalized spacial score (nSPS) is 24.4. The predicted molar refractivity (Wildman–Crippen MR) is 82.5 cm³/mol. The van der Waals surface area contributed by atoms with Crippen LogP contribution in [0.25, 0.3) is 0 Å². The van der Waals surface area contributed by atoms with Crippen LogP contribution in [0.3, 0.4) is 0 Å². The summed E-state index contributed by atoms with van der Waals surface area (Å²) < 4.78 is 5.15. The average molecular weight is 284 g/mol. The second-order valence-electron chi connectivity index (χ2n) is 6.09. The number of carbonyl (C=O) groups is 1. The van der Waals surface area contributed by atoms with Gasteiger partial charge in [0, 0.05) is 25.6 Å². The molecule has 20 heavy (non-hydrogen) atoms. The van der Waals surface area contributed by atoms with Gasteiger partial charge in [0.2, 0.25) is 5.91 Å². The third-order valence-electron chi connectivity index (χ3n) is 4.65. The Labute approximate surface area is 124 Å². The maximum atomic E-state index is 12.8. The summed E-state index contributed by atoms with van der Waals surface area (Å²) in [6, 6.07) is 0.299. The summed E-state index contributed by atoms with van der Waals surface area (Å²) in [5, 5.41) is 0. The number of hydrogen-bond donors (Lipinski definition) is 1. The highest BCUT2D eigenvalue weighted by Crippen LogP contribution is 2.32. The van der Waals surface area contributed by atoms with E-state index >= 15 is 0 Å². The Balaban J connectivity index is 2.62. The quantitative estimate of drug-likeness (QED) is 0.744. The van der Waals surface area contributed by atoms with Crippen LogP contribution in [0.2, 0.25) is 0 Å². The minimum absolute atomic E-state index is 0.200. The van der Waals surface area contributed by atoms with Crippen molar-refractivity contribution in [1.29, 1.82) is 0 Å². The van der Waals surface area contributed by atoms with Crippen molar-refractivity contribution in [3.8, 4) is 0 Å². The molecule has 2 N–H and O–H groups in total. The van der Waals surface area contributed by atoms with Gasteiger partial charge in [0.15, 0.2) is 0 Å². The molecule has 0 aliphatic heterocycles. The first-order valence-corrected chi connectivity index (χ1v) is 8.13. The Morgan fingerprint density at radius 3 is 2.80 bits per heavy atom. The number of nitrogens with zero attached hydrogens (tertiary/aromatic N) is 1. The molecule has 1 aliphatic carbocycles. The molecule has 0 bridgehead atoms. The number of nitrogens with two attached hydrogens (primary N) is 1. The van der Waals surface area contributed by atoms with Crippen molar-refractivity contribution in [2.75, 3.05) is 26.8 Å². The summed E-state index contributed by atoms with van der Waals surface area (Å²) >= 11 is 0. The first kappa shape index (κ1) is 17.4. The second kappa shape index (κ2) is 9.35. The molecule has 4 nitrogen and oxygen atoms in total. The topological polar surface area (TPSA) is 55.6 Å². The van der Waals surface area contributed by atoms with Crippen molar-refractivity contribution in [2.24, 2.45) is 17.6 Å². The molecule has 3 atom stereocenters. The molecule has 1 fully saturated rings. The van der Waals surface area contributed by atoms with Gasteiger partial charge in [0.25, 0.3) is 0 Å². The molecule has 4 heteroatoms. The highest BCUT2D eigenvalue weighted by atomic mass is 16.5. The molecule has 1 saturated carbocycles. The van der Waals surface area contributed by atoms with Crippen molar-refractivity contribution in [3.63, 3.8) is 0 Å². The first-order valence-electron chi connectivity index (χ1n) is 8.13. The zero-order valence-corrected chi connectivity index (χ0v) is 13.4. The van der Waals surface area contributed by atoms with Crippen LogP contribution in [0.4, 0.5) is 0 Å². The molecule has 118 valence electrons. The third kappa shape index (κ3) is 5.06. The van der Waals surface area contributed by atoms with Gasteiger partial charge < -0.3 is 15.4 Å². The van der Waals surface area contributed by atoms with Gasteiger partial charge in [-0.3, -0.25) is 4.79 Å². The summed E-state index contributed by atoms with van der Waals surface area (Å²) in [7, 11) is 1.69. The predicted octanol–water partition coefficient (Wildman–Crippen LogP) is 2.42. The number of ether oxygens (including phenoxy) is 1. The fourth-order valence-corrected chi connectivity index (χ4v) is 3.21. The van der Waals surface area contributed by atoms with Crippen molar-refractivity contribution >= 4 is 5.91 Å². The molecule has 0 radical (unpaired) electrons. The maximum absolute atomic E-state index is 12.8. The molecule has 1 aliphatic rings. The number of amides is 1. The van der Waals surface area contributed by atoms with Crippen LogP contribution in [-0.4, -0.2) is 43.7 Å². The maximum Gasteiger partial charge on any atom is 0.226 e. The van der Waals surface area contributed by atoms with Crippen LogP contribution in [0.15, 0.2) is 0 Å². The molecular formula is C16H32N2O2. The monoisotopic (exact) mass is 284 g/mol. The highest BCUT2D eigenvalue weighted by molar-refractivity contribution is 5.79. The smallest absolute Gasteiger partial charge is 0.226 e.